The summed E-state index contributed by atoms with van der Waals surface area (Å²) < 4.78 is 0. The van der Waals surface area contributed by atoms with Crippen LogP contribution >= 0.6 is 0 Å². The first kappa shape index (κ1) is 16.7. The molecule has 5 nitrogen and oxygen atoms in total. The van der Waals surface area contributed by atoms with Crippen molar-refractivity contribution in [2.24, 2.45) is 11.8 Å². The highest BCUT2D eigenvalue weighted by Gasteiger charge is 2.48. The number of aryl methyl sites for hydroxylation is 1. The molecule has 5 heteroatoms. The molecule has 2 fully saturated rings. The largest absolute Gasteiger partial charge is 0.348 e. The van der Waals surface area contributed by atoms with Gasteiger partial charge in [-0.15, -0.1) is 0 Å². The van der Waals surface area contributed by atoms with E-state index in [1.165, 1.54) is 4.90 Å². The molecule has 1 saturated heterocycles. The van der Waals surface area contributed by atoms with Gasteiger partial charge in [-0.05, 0) is 37.8 Å². The van der Waals surface area contributed by atoms with E-state index in [0.29, 0.717) is 0 Å². The smallest absolute Gasteiger partial charge is 0.240 e. The zero-order chi connectivity index (χ0) is 17.3. The molecular weight excluding hydrogens is 304 g/mol. The Balaban J connectivity index is 1.63. The van der Waals surface area contributed by atoms with E-state index >= 15 is 0 Å². The number of nitrogens with one attached hydrogen (secondary N) is 1. The van der Waals surface area contributed by atoms with Gasteiger partial charge in [0.25, 0.3) is 0 Å². The second-order valence-corrected chi connectivity index (χ2v) is 6.91. The summed E-state index contributed by atoms with van der Waals surface area (Å²) in [6, 6.07) is 7.70. The molecule has 24 heavy (non-hydrogen) atoms. The molecular formula is C19H24N2O3. The van der Waals surface area contributed by atoms with Gasteiger partial charge in [-0.3, -0.25) is 19.3 Å². The second kappa shape index (κ2) is 6.75. The van der Waals surface area contributed by atoms with Crippen LogP contribution in [-0.4, -0.2) is 29.2 Å². The van der Waals surface area contributed by atoms with E-state index in [2.05, 4.69) is 5.32 Å². The van der Waals surface area contributed by atoms with Crippen LogP contribution in [0.2, 0.25) is 0 Å². The molecule has 1 aromatic rings. The number of hydrogen-bond donors (Lipinski definition) is 1. The number of amides is 3. The Labute approximate surface area is 142 Å². The number of rotatable bonds is 4. The summed E-state index contributed by atoms with van der Waals surface area (Å²) in [5, 5.41) is 2.90. The van der Waals surface area contributed by atoms with Crippen molar-refractivity contribution in [2.45, 2.75) is 45.6 Å². The van der Waals surface area contributed by atoms with Crippen LogP contribution in [0.4, 0.5) is 0 Å². The van der Waals surface area contributed by atoms with Crippen molar-refractivity contribution in [3.05, 3.63) is 35.4 Å². The predicted molar refractivity (Wildman–Crippen MR) is 89.9 cm³/mol. The number of hydrogen-bond acceptors (Lipinski definition) is 3. The van der Waals surface area contributed by atoms with Crippen molar-refractivity contribution in [3.63, 3.8) is 0 Å². The Morgan fingerprint density at radius 1 is 1.17 bits per heavy atom. The van der Waals surface area contributed by atoms with E-state index in [-0.39, 0.29) is 42.1 Å². The number of imide groups is 1. The Kier molecular flexibility index (Phi) is 4.69. The van der Waals surface area contributed by atoms with Gasteiger partial charge >= 0.3 is 0 Å². The quantitative estimate of drug-likeness (QED) is 0.863. The van der Waals surface area contributed by atoms with E-state index in [1.54, 1.807) is 0 Å². The molecule has 3 amide bonds. The first-order chi connectivity index (χ1) is 11.5. The standard InChI is InChI=1S/C19H24N2O3/c1-12-7-3-4-8-14(12)13(2)20-17(22)11-21-18(23)15-9-5-6-10-16(15)19(21)24/h3-4,7-8,13,15-16H,5-6,9-11H2,1-2H3,(H,20,22)/t13-,15-,16+/m1/s1. The van der Waals surface area contributed by atoms with E-state index < -0.39 is 0 Å². The number of benzene rings is 1. The van der Waals surface area contributed by atoms with Crippen molar-refractivity contribution in [3.8, 4) is 0 Å². The fraction of sp³-hybridized carbons (Fsp3) is 0.526. The van der Waals surface area contributed by atoms with Crippen LogP contribution in [0.1, 0.15) is 49.8 Å². The molecule has 2 aliphatic rings. The molecule has 1 aromatic carbocycles. The molecule has 0 aromatic heterocycles. The van der Waals surface area contributed by atoms with Crippen molar-refractivity contribution in [1.29, 1.82) is 0 Å². The minimum atomic E-state index is -0.286. The molecule has 128 valence electrons. The van der Waals surface area contributed by atoms with Crippen molar-refractivity contribution in [2.75, 3.05) is 6.54 Å². The number of carbonyl (C=O) groups excluding carboxylic acids is 3. The lowest BCUT2D eigenvalue weighted by Gasteiger charge is -2.19. The lowest BCUT2D eigenvalue weighted by molar-refractivity contribution is -0.143. The third-order valence-electron chi connectivity index (χ3n) is 5.27. The average molecular weight is 328 g/mol. The SMILES string of the molecule is Cc1ccccc1[C@@H](C)NC(=O)CN1C(=O)[C@H]2CCCC[C@H]2C1=O. The minimum absolute atomic E-state index is 0.159. The molecule has 0 spiro atoms. The van der Waals surface area contributed by atoms with Crippen molar-refractivity contribution < 1.29 is 14.4 Å². The Hall–Kier alpha value is -2.17. The van der Waals surface area contributed by atoms with Crippen LogP contribution in [-0.2, 0) is 14.4 Å². The maximum Gasteiger partial charge on any atom is 0.240 e. The second-order valence-electron chi connectivity index (χ2n) is 6.91. The Morgan fingerprint density at radius 2 is 1.75 bits per heavy atom. The van der Waals surface area contributed by atoms with E-state index in [0.717, 1.165) is 36.8 Å². The topological polar surface area (TPSA) is 66.5 Å². The summed E-state index contributed by atoms with van der Waals surface area (Å²) >= 11 is 0. The maximum absolute atomic E-state index is 12.4. The van der Waals surface area contributed by atoms with Gasteiger partial charge in [-0.25, -0.2) is 0 Å². The zero-order valence-electron chi connectivity index (χ0n) is 14.2. The number of carbonyl (C=O) groups is 3. The number of nitrogens with zero attached hydrogens (tertiary/aromatic N) is 1. The van der Waals surface area contributed by atoms with Crippen molar-refractivity contribution in [1.82, 2.24) is 10.2 Å². The van der Waals surface area contributed by atoms with E-state index in [4.69, 9.17) is 0 Å². The third-order valence-corrected chi connectivity index (χ3v) is 5.27. The third kappa shape index (κ3) is 3.07. The number of likely N-dealkylation sites (tertiary alicyclic amines) is 1. The van der Waals surface area contributed by atoms with Crippen molar-refractivity contribution >= 4 is 17.7 Å². The molecule has 0 bridgehead atoms. The van der Waals surface area contributed by atoms with E-state index in [1.807, 2.05) is 38.1 Å². The van der Waals surface area contributed by atoms with Crippen LogP contribution in [0.5, 0.6) is 0 Å². The predicted octanol–water partition coefficient (Wildman–Crippen LogP) is 2.35. The fourth-order valence-electron chi connectivity index (χ4n) is 3.97. The molecule has 0 radical (unpaired) electrons. The van der Waals surface area contributed by atoms with Gasteiger partial charge in [-0.2, -0.15) is 0 Å². The molecule has 3 rings (SSSR count). The molecule has 0 unspecified atom stereocenters. The van der Waals surface area contributed by atoms with Gasteiger partial charge < -0.3 is 5.32 Å². The number of fused-ring (bicyclic) bond motifs is 1. The highest BCUT2D eigenvalue weighted by molar-refractivity contribution is 6.07. The zero-order valence-corrected chi connectivity index (χ0v) is 14.2. The fourth-order valence-corrected chi connectivity index (χ4v) is 3.97. The van der Waals surface area contributed by atoms with Gasteiger partial charge in [0, 0.05) is 0 Å². The molecule has 1 aliphatic carbocycles. The lowest BCUT2D eigenvalue weighted by Crippen LogP contribution is -2.41. The highest BCUT2D eigenvalue weighted by Crippen LogP contribution is 2.37. The summed E-state index contributed by atoms with van der Waals surface area (Å²) in [4.78, 5) is 38.3. The summed E-state index contributed by atoms with van der Waals surface area (Å²) in [5.74, 6) is -1.02. The molecule has 1 N–H and O–H groups in total. The minimum Gasteiger partial charge on any atom is -0.348 e. The van der Waals surface area contributed by atoms with Crippen LogP contribution in [0.15, 0.2) is 24.3 Å². The first-order valence-electron chi connectivity index (χ1n) is 8.69. The van der Waals surface area contributed by atoms with Gasteiger partial charge in [0.1, 0.15) is 6.54 Å². The van der Waals surface area contributed by atoms with Crippen LogP contribution < -0.4 is 5.32 Å². The van der Waals surface area contributed by atoms with Gasteiger partial charge in [-0.1, -0.05) is 37.1 Å². The summed E-state index contributed by atoms with van der Waals surface area (Å²) in [7, 11) is 0. The summed E-state index contributed by atoms with van der Waals surface area (Å²) in [5.41, 5.74) is 2.14. The highest BCUT2D eigenvalue weighted by atomic mass is 16.2. The summed E-state index contributed by atoms with van der Waals surface area (Å²) in [6.07, 6.45) is 3.52. The van der Waals surface area contributed by atoms with Gasteiger partial charge in [0.05, 0.1) is 17.9 Å². The van der Waals surface area contributed by atoms with Crippen LogP contribution in [0, 0.1) is 18.8 Å². The van der Waals surface area contributed by atoms with Crippen LogP contribution in [0.3, 0.4) is 0 Å². The maximum atomic E-state index is 12.4. The first-order valence-corrected chi connectivity index (χ1v) is 8.69. The molecule has 1 saturated carbocycles. The normalized spacial score (nSPS) is 24.7. The molecule has 3 atom stereocenters. The van der Waals surface area contributed by atoms with Gasteiger partial charge in [0.15, 0.2) is 0 Å². The van der Waals surface area contributed by atoms with Gasteiger partial charge in [0.2, 0.25) is 17.7 Å². The Bertz CT molecular complexity index is 646. The van der Waals surface area contributed by atoms with Crippen LogP contribution in [0.25, 0.3) is 0 Å². The average Bonchev–Trinajstić information content (AvgIpc) is 2.80. The van der Waals surface area contributed by atoms with E-state index in [9.17, 15) is 14.4 Å². The lowest BCUT2D eigenvalue weighted by atomic mass is 9.81. The molecule has 1 heterocycles. The Morgan fingerprint density at radius 3 is 2.33 bits per heavy atom. The molecule has 1 aliphatic heterocycles. The summed E-state index contributed by atoms with van der Waals surface area (Å²) in [6.45, 7) is 3.74. The monoisotopic (exact) mass is 328 g/mol.